The Labute approximate surface area is 174 Å². The smallest absolute Gasteiger partial charge is 0.220 e. The molecule has 6 nitrogen and oxygen atoms in total. The van der Waals surface area contributed by atoms with E-state index in [1.54, 1.807) is 7.11 Å². The van der Waals surface area contributed by atoms with Gasteiger partial charge in [0.2, 0.25) is 5.91 Å². The van der Waals surface area contributed by atoms with Gasteiger partial charge in [0.15, 0.2) is 0 Å². The highest BCUT2D eigenvalue weighted by Gasteiger charge is 2.45. The third-order valence-corrected chi connectivity index (χ3v) is 7.23. The highest BCUT2D eigenvalue weighted by atomic mass is 16.5. The topological polar surface area (TPSA) is 65.0 Å². The molecule has 3 aliphatic rings. The number of rotatable bonds is 4. The summed E-state index contributed by atoms with van der Waals surface area (Å²) in [5.74, 6) is 1.05. The molecule has 0 aromatic heterocycles. The molecule has 3 heterocycles. The first-order chi connectivity index (χ1) is 13.9. The zero-order chi connectivity index (χ0) is 20.5. The first kappa shape index (κ1) is 20.5. The van der Waals surface area contributed by atoms with Gasteiger partial charge in [0.05, 0.1) is 18.2 Å². The number of hydrogen-bond donors (Lipinski definition) is 2. The van der Waals surface area contributed by atoms with Crippen LogP contribution in [0.15, 0.2) is 24.3 Å². The molecule has 3 fully saturated rings. The zero-order valence-electron chi connectivity index (χ0n) is 17.8. The molecule has 1 aromatic carbocycles. The van der Waals surface area contributed by atoms with Gasteiger partial charge in [0, 0.05) is 43.9 Å². The van der Waals surface area contributed by atoms with E-state index in [1.165, 1.54) is 0 Å². The van der Waals surface area contributed by atoms with E-state index in [0.29, 0.717) is 19.0 Å². The number of amides is 1. The highest BCUT2D eigenvalue weighted by Crippen LogP contribution is 2.36. The van der Waals surface area contributed by atoms with Crippen LogP contribution in [0.25, 0.3) is 0 Å². The van der Waals surface area contributed by atoms with E-state index in [4.69, 9.17) is 4.74 Å². The lowest BCUT2D eigenvalue weighted by molar-refractivity contribution is -0.123. The molecule has 0 aliphatic carbocycles. The second-order valence-electron chi connectivity index (χ2n) is 9.36. The summed E-state index contributed by atoms with van der Waals surface area (Å²) in [5.41, 5.74) is 0.330. The van der Waals surface area contributed by atoms with Crippen molar-refractivity contribution in [3.63, 3.8) is 0 Å². The third kappa shape index (κ3) is 4.38. The predicted molar refractivity (Wildman–Crippen MR) is 114 cm³/mol. The van der Waals surface area contributed by atoms with Gasteiger partial charge < -0.3 is 20.1 Å². The molecule has 4 rings (SSSR count). The number of piperidine rings is 2. The summed E-state index contributed by atoms with van der Waals surface area (Å²) < 4.78 is 5.35. The van der Waals surface area contributed by atoms with Gasteiger partial charge in [-0.15, -0.1) is 0 Å². The minimum atomic E-state index is -0.663. The van der Waals surface area contributed by atoms with Gasteiger partial charge >= 0.3 is 0 Å². The van der Waals surface area contributed by atoms with Crippen molar-refractivity contribution in [1.82, 2.24) is 10.2 Å². The molecule has 6 heteroatoms. The minimum absolute atomic E-state index is 0.163. The summed E-state index contributed by atoms with van der Waals surface area (Å²) in [6.45, 7) is 5.60. The molecule has 0 spiro atoms. The molecular formula is C23H35N3O3. The standard InChI is InChI=1S/C23H35N3O3/c1-22-10-5-13-26(20(22)8-4-9-21(27)24-22)17-23(28)11-14-25(15-12-23)18-6-3-7-19(16-18)29-2/h3,6-7,16,20,28H,4-5,8-15,17H2,1-2H3,(H,24,27)/t20-,22-/m0/s1. The van der Waals surface area contributed by atoms with Crippen LogP contribution >= 0.6 is 0 Å². The lowest BCUT2D eigenvalue weighted by Crippen LogP contribution is -2.65. The molecule has 1 amide bonds. The minimum Gasteiger partial charge on any atom is -0.497 e. The van der Waals surface area contributed by atoms with E-state index in [-0.39, 0.29) is 11.4 Å². The molecule has 0 radical (unpaired) electrons. The average Bonchev–Trinajstić information content (AvgIpc) is 2.86. The Bertz CT molecular complexity index is 732. The summed E-state index contributed by atoms with van der Waals surface area (Å²) in [6.07, 6.45) is 6.21. The molecule has 2 N–H and O–H groups in total. The van der Waals surface area contributed by atoms with Crippen molar-refractivity contribution >= 4 is 11.6 Å². The van der Waals surface area contributed by atoms with Crippen LogP contribution in [0.2, 0.25) is 0 Å². The van der Waals surface area contributed by atoms with Crippen LogP contribution < -0.4 is 15.0 Å². The number of methoxy groups -OCH3 is 1. The number of aliphatic hydroxyl groups is 1. The number of carbonyl (C=O) groups excluding carboxylic acids is 1. The molecule has 3 aliphatic heterocycles. The fourth-order valence-electron chi connectivity index (χ4n) is 5.57. The normalized spacial score (nSPS) is 30.2. The average molecular weight is 402 g/mol. The summed E-state index contributed by atoms with van der Waals surface area (Å²) in [6, 6.07) is 8.47. The molecule has 0 saturated carbocycles. The van der Waals surface area contributed by atoms with Crippen LogP contribution in [0.1, 0.15) is 51.9 Å². The number of nitrogens with zero attached hydrogens (tertiary/aromatic N) is 2. The van der Waals surface area contributed by atoms with Crippen LogP contribution in [-0.4, -0.2) is 66.4 Å². The number of anilines is 1. The van der Waals surface area contributed by atoms with E-state index in [1.807, 2.05) is 12.1 Å². The fraction of sp³-hybridized carbons (Fsp3) is 0.696. The number of hydrogen-bond acceptors (Lipinski definition) is 5. The van der Waals surface area contributed by atoms with Gasteiger partial charge in [-0.25, -0.2) is 0 Å². The number of carbonyl (C=O) groups is 1. The van der Waals surface area contributed by atoms with Gasteiger partial charge in [-0.1, -0.05) is 6.07 Å². The van der Waals surface area contributed by atoms with E-state index in [0.717, 1.165) is 69.6 Å². The quantitative estimate of drug-likeness (QED) is 0.812. The van der Waals surface area contributed by atoms with Crippen molar-refractivity contribution in [3.8, 4) is 5.75 Å². The summed E-state index contributed by atoms with van der Waals surface area (Å²) >= 11 is 0. The third-order valence-electron chi connectivity index (χ3n) is 7.23. The van der Waals surface area contributed by atoms with Crippen LogP contribution in [0.4, 0.5) is 5.69 Å². The zero-order valence-corrected chi connectivity index (χ0v) is 17.8. The highest BCUT2D eigenvalue weighted by molar-refractivity contribution is 5.77. The summed E-state index contributed by atoms with van der Waals surface area (Å²) in [4.78, 5) is 16.9. The van der Waals surface area contributed by atoms with Crippen molar-refractivity contribution < 1.29 is 14.6 Å². The number of ether oxygens (including phenoxy) is 1. The Morgan fingerprint density at radius 3 is 2.76 bits per heavy atom. The monoisotopic (exact) mass is 401 g/mol. The summed E-state index contributed by atoms with van der Waals surface area (Å²) in [7, 11) is 1.69. The van der Waals surface area contributed by atoms with Crippen LogP contribution in [0.3, 0.4) is 0 Å². The number of β-amino-alcohol motifs (C(OH)–C–C–N with tert-alkyl or cyclic N) is 1. The van der Waals surface area contributed by atoms with Crippen LogP contribution in [0.5, 0.6) is 5.75 Å². The molecule has 0 bridgehead atoms. The fourth-order valence-corrected chi connectivity index (χ4v) is 5.57. The number of benzene rings is 1. The van der Waals surface area contributed by atoms with Crippen LogP contribution in [0, 0.1) is 0 Å². The lowest BCUT2D eigenvalue weighted by atomic mass is 9.79. The van der Waals surface area contributed by atoms with E-state index in [9.17, 15) is 9.90 Å². The first-order valence-corrected chi connectivity index (χ1v) is 11.1. The Morgan fingerprint density at radius 2 is 2.00 bits per heavy atom. The second kappa shape index (κ2) is 8.15. The maximum absolute atomic E-state index is 12.1. The van der Waals surface area contributed by atoms with Crippen molar-refractivity contribution in [2.45, 2.75) is 69.1 Å². The number of likely N-dealkylation sites (tertiary alicyclic amines) is 1. The van der Waals surface area contributed by atoms with Crippen molar-refractivity contribution in [3.05, 3.63) is 24.3 Å². The van der Waals surface area contributed by atoms with E-state index < -0.39 is 5.60 Å². The molecular weight excluding hydrogens is 366 g/mol. The van der Waals surface area contributed by atoms with Gasteiger partial charge in [-0.05, 0) is 64.1 Å². The Balaban J connectivity index is 1.41. The molecule has 1 aromatic rings. The summed E-state index contributed by atoms with van der Waals surface area (Å²) in [5, 5.41) is 14.7. The molecule has 3 saturated heterocycles. The Kier molecular flexibility index (Phi) is 5.76. The van der Waals surface area contributed by atoms with E-state index in [2.05, 4.69) is 34.2 Å². The Hall–Kier alpha value is -1.79. The number of nitrogens with one attached hydrogen (secondary N) is 1. The van der Waals surface area contributed by atoms with Crippen LogP contribution in [-0.2, 0) is 4.79 Å². The molecule has 29 heavy (non-hydrogen) atoms. The number of fused-ring (bicyclic) bond motifs is 1. The van der Waals surface area contributed by atoms with Crippen molar-refractivity contribution in [2.24, 2.45) is 0 Å². The largest absolute Gasteiger partial charge is 0.497 e. The van der Waals surface area contributed by atoms with Gasteiger partial charge in [0.1, 0.15) is 5.75 Å². The second-order valence-corrected chi connectivity index (χ2v) is 9.36. The van der Waals surface area contributed by atoms with Crippen molar-refractivity contribution in [2.75, 3.05) is 38.2 Å². The van der Waals surface area contributed by atoms with E-state index >= 15 is 0 Å². The van der Waals surface area contributed by atoms with Crippen molar-refractivity contribution in [1.29, 1.82) is 0 Å². The molecule has 0 unspecified atom stereocenters. The van der Waals surface area contributed by atoms with Gasteiger partial charge in [-0.2, -0.15) is 0 Å². The first-order valence-electron chi connectivity index (χ1n) is 11.1. The maximum atomic E-state index is 12.1. The molecule has 160 valence electrons. The van der Waals surface area contributed by atoms with Gasteiger partial charge in [-0.3, -0.25) is 9.69 Å². The lowest BCUT2D eigenvalue weighted by Gasteiger charge is -2.51. The van der Waals surface area contributed by atoms with Gasteiger partial charge in [0.25, 0.3) is 0 Å². The predicted octanol–water partition coefficient (Wildman–Crippen LogP) is 2.55. The molecule has 2 atom stereocenters. The maximum Gasteiger partial charge on any atom is 0.220 e. The SMILES string of the molecule is COc1cccc(N2CCC(O)(CN3CCC[C@]4(C)NC(=O)CCC[C@H]34)CC2)c1. The Morgan fingerprint density at radius 1 is 1.21 bits per heavy atom.